The first-order chi connectivity index (χ1) is 13.2. The number of amides is 3. The molecule has 3 heterocycles. The predicted molar refractivity (Wildman–Crippen MR) is 102 cm³/mol. The maximum Gasteiger partial charge on any atom is 0.327 e. The van der Waals surface area contributed by atoms with E-state index in [0.717, 1.165) is 70.0 Å². The van der Waals surface area contributed by atoms with Gasteiger partial charge in [0.1, 0.15) is 11.8 Å². The average Bonchev–Trinajstić information content (AvgIpc) is 2.97. The Labute approximate surface area is 160 Å². The van der Waals surface area contributed by atoms with Gasteiger partial charge in [0.05, 0.1) is 52.1 Å². The number of hydrogen-bond acceptors (Lipinski definition) is 4. The maximum absolute atomic E-state index is 12.6. The summed E-state index contributed by atoms with van der Waals surface area (Å²) in [5.74, 6) is 0.928. The van der Waals surface area contributed by atoms with E-state index < -0.39 is 0 Å². The van der Waals surface area contributed by atoms with Crippen molar-refractivity contribution in [1.29, 1.82) is 0 Å². The van der Waals surface area contributed by atoms with Crippen LogP contribution in [0.25, 0.3) is 0 Å². The van der Waals surface area contributed by atoms with Crippen molar-refractivity contribution in [3.63, 3.8) is 0 Å². The van der Waals surface area contributed by atoms with Gasteiger partial charge in [0.15, 0.2) is 0 Å². The van der Waals surface area contributed by atoms with Crippen molar-refractivity contribution in [2.45, 2.75) is 25.3 Å². The minimum Gasteiger partial charge on any atom is -0.495 e. The highest BCUT2D eigenvalue weighted by molar-refractivity contribution is 6.04. The number of piperidine rings is 1. The van der Waals surface area contributed by atoms with E-state index in [1.807, 2.05) is 18.2 Å². The first-order valence-electron chi connectivity index (χ1n) is 10.0. The summed E-state index contributed by atoms with van der Waals surface area (Å²) in [7, 11) is 1.71. The Balaban J connectivity index is 1.30. The van der Waals surface area contributed by atoms with E-state index in [0.29, 0.717) is 6.54 Å². The number of hydrogen-bond donors (Lipinski definition) is 1. The molecule has 3 aliphatic rings. The highest BCUT2D eigenvalue weighted by Gasteiger charge is 2.45. The summed E-state index contributed by atoms with van der Waals surface area (Å²) in [6, 6.07) is 7.86. The monoisotopic (exact) mass is 373 g/mol. The highest BCUT2D eigenvalue weighted by atomic mass is 16.5. The molecule has 0 spiro atoms. The van der Waals surface area contributed by atoms with Crippen LogP contribution in [0.3, 0.4) is 0 Å². The lowest BCUT2D eigenvalue weighted by molar-refractivity contribution is -0.899. The van der Waals surface area contributed by atoms with Crippen LogP contribution in [-0.4, -0.2) is 80.7 Å². The summed E-state index contributed by atoms with van der Waals surface area (Å²) in [6.45, 7) is 6.00. The number of quaternary nitrogens is 1. The fraction of sp³-hybridized carbons (Fsp3) is 0.600. The second kappa shape index (κ2) is 7.76. The van der Waals surface area contributed by atoms with E-state index >= 15 is 0 Å². The number of anilines is 1. The molecule has 3 saturated heterocycles. The van der Waals surface area contributed by atoms with Gasteiger partial charge in [0.2, 0.25) is 0 Å². The molecule has 27 heavy (non-hydrogen) atoms. The van der Waals surface area contributed by atoms with Crippen LogP contribution in [-0.2, 0) is 4.79 Å². The van der Waals surface area contributed by atoms with Gasteiger partial charge in [-0.25, -0.2) is 4.79 Å². The van der Waals surface area contributed by atoms with Crippen molar-refractivity contribution in [2.24, 2.45) is 0 Å². The Morgan fingerprint density at radius 1 is 1.11 bits per heavy atom. The van der Waals surface area contributed by atoms with Gasteiger partial charge in [-0.05, 0) is 31.4 Å². The molecule has 7 heteroatoms. The molecule has 0 saturated carbocycles. The van der Waals surface area contributed by atoms with Gasteiger partial charge in [-0.1, -0.05) is 12.1 Å². The van der Waals surface area contributed by atoms with Crippen LogP contribution >= 0.6 is 0 Å². The number of nitrogens with zero attached hydrogens (tertiary/aromatic N) is 3. The number of rotatable bonds is 5. The van der Waals surface area contributed by atoms with Crippen molar-refractivity contribution in [1.82, 2.24) is 9.80 Å². The summed E-state index contributed by atoms with van der Waals surface area (Å²) in [5.41, 5.74) is 1.14. The summed E-state index contributed by atoms with van der Waals surface area (Å²) in [6.07, 6.45) is 2.88. The van der Waals surface area contributed by atoms with Gasteiger partial charge in [0, 0.05) is 6.54 Å². The van der Waals surface area contributed by atoms with Crippen molar-refractivity contribution < 1.29 is 19.2 Å². The van der Waals surface area contributed by atoms with Crippen LogP contribution in [0.1, 0.15) is 19.3 Å². The number of nitrogens with one attached hydrogen (secondary N) is 1. The van der Waals surface area contributed by atoms with Crippen LogP contribution < -0.4 is 14.5 Å². The number of benzene rings is 1. The van der Waals surface area contributed by atoms with Gasteiger partial charge in [-0.15, -0.1) is 0 Å². The van der Waals surface area contributed by atoms with E-state index in [2.05, 4.69) is 11.0 Å². The number of carbonyl (C=O) groups is 2. The van der Waals surface area contributed by atoms with Crippen LogP contribution in [0.2, 0.25) is 0 Å². The lowest BCUT2D eigenvalue weighted by Crippen LogP contribution is -3.15. The fourth-order valence-electron chi connectivity index (χ4n) is 4.53. The molecule has 146 valence electrons. The minimum atomic E-state index is -0.191. The third kappa shape index (κ3) is 3.48. The molecule has 1 aromatic rings. The molecule has 3 aliphatic heterocycles. The number of piperazine rings is 1. The molecular formula is C20H29N4O3+. The van der Waals surface area contributed by atoms with E-state index in [4.69, 9.17) is 4.74 Å². The SMILES string of the molecule is COc1ccccc1N1CC[NH+](CCN2C(=O)[C@@H]3CCCCN3C2=O)CC1. The van der Waals surface area contributed by atoms with Gasteiger partial charge < -0.3 is 19.4 Å². The quantitative estimate of drug-likeness (QED) is 0.750. The third-order valence-corrected chi connectivity index (χ3v) is 6.12. The van der Waals surface area contributed by atoms with Gasteiger partial charge in [-0.3, -0.25) is 9.69 Å². The molecule has 3 fully saturated rings. The summed E-state index contributed by atoms with van der Waals surface area (Å²) >= 11 is 0. The molecule has 1 aromatic carbocycles. The Morgan fingerprint density at radius 2 is 1.89 bits per heavy atom. The zero-order chi connectivity index (χ0) is 18.8. The van der Waals surface area contributed by atoms with Gasteiger partial charge >= 0.3 is 6.03 Å². The number of urea groups is 1. The van der Waals surface area contributed by atoms with Crippen molar-refractivity contribution in [2.75, 3.05) is 57.8 Å². The van der Waals surface area contributed by atoms with Crippen molar-refractivity contribution in [3.05, 3.63) is 24.3 Å². The molecule has 0 aromatic heterocycles. The number of methoxy groups -OCH3 is 1. The third-order valence-electron chi connectivity index (χ3n) is 6.12. The largest absolute Gasteiger partial charge is 0.495 e. The fourth-order valence-corrected chi connectivity index (χ4v) is 4.53. The smallest absolute Gasteiger partial charge is 0.327 e. The number of ether oxygens (including phenoxy) is 1. The average molecular weight is 373 g/mol. The van der Waals surface area contributed by atoms with Crippen molar-refractivity contribution in [3.8, 4) is 5.75 Å². The Kier molecular flexibility index (Phi) is 5.20. The molecule has 1 N–H and O–H groups in total. The first-order valence-corrected chi connectivity index (χ1v) is 10.0. The number of imide groups is 1. The first kappa shape index (κ1) is 18.1. The van der Waals surface area contributed by atoms with Crippen LogP contribution in [0.5, 0.6) is 5.75 Å². The van der Waals surface area contributed by atoms with Crippen LogP contribution in [0, 0.1) is 0 Å². The lowest BCUT2D eigenvalue weighted by atomic mass is 10.0. The summed E-state index contributed by atoms with van der Waals surface area (Å²) in [5, 5.41) is 0. The van der Waals surface area contributed by atoms with Gasteiger partial charge in [-0.2, -0.15) is 0 Å². The lowest BCUT2D eigenvalue weighted by Gasteiger charge is -2.34. The van der Waals surface area contributed by atoms with Crippen LogP contribution in [0.15, 0.2) is 24.3 Å². The number of carbonyl (C=O) groups excluding carboxylic acids is 2. The molecule has 4 rings (SSSR count). The second-order valence-corrected chi connectivity index (χ2v) is 7.64. The Bertz CT molecular complexity index is 678. The topological polar surface area (TPSA) is 57.5 Å². The standard InChI is InChI=1S/C20H28N4O3/c1-27-18-8-3-2-6-16(18)22-13-10-21(11-14-22)12-15-24-19(25)17-7-4-5-9-23(17)20(24)26/h2-3,6,8,17H,4-5,7,9-15H2,1H3/p+1/t17-/m0/s1. The molecule has 7 nitrogen and oxygen atoms in total. The number of fused-ring (bicyclic) bond motifs is 1. The second-order valence-electron chi connectivity index (χ2n) is 7.64. The van der Waals surface area contributed by atoms with Crippen molar-refractivity contribution >= 4 is 17.6 Å². The molecule has 0 unspecified atom stereocenters. The van der Waals surface area contributed by atoms with E-state index in [1.54, 1.807) is 12.0 Å². The molecular weight excluding hydrogens is 344 g/mol. The van der Waals surface area contributed by atoms with E-state index in [9.17, 15) is 9.59 Å². The molecule has 0 bridgehead atoms. The molecule has 1 atom stereocenters. The predicted octanol–water partition coefficient (Wildman–Crippen LogP) is 0.217. The zero-order valence-corrected chi connectivity index (χ0v) is 16.0. The zero-order valence-electron chi connectivity index (χ0n) is 16.0. The summed E-state index contributed by atoms with van der Waals surface area (Å²) in [4.78, 5) is 32.2. The normalized spacial score (nSPS) is 23.7. The minimum absolute atomic E-state index is 0.0201. The Hall–Kier alpha value is -2.28. The Morgan fingerprint density at radius 3 is 2.63 bits per heavy atom. The van der Waals surface area contributed by atoms with Gasteiger partial charge in [0.25, 0.3) is 5.91 Å². The maximum atomic E-state index is 12.6. The summed E-state index contributed by atoms with van der Waals surface area (Å²) < 4.78 is 5.48. The molecule has 0 aliphatic carbocycles. The number of para-hydroxylation sites is 2. The van der Waals surface area contributed by atoms with E-state index in [1.165, 1.54) is 9.80 Å². The van der Waals surface area contributed by atoms with Crippen LogP contribution in [0.4, 0.5) is 10.5 Å². The molecule has 0 radical (unpaired) electrons. The molecule has 3 amide bonds. The highest BCUT2D eigenvalue weighted by Crippen LogP contribution is 2.28. The van der Waals surface area contributed by atoms with E-state index in [-0.39, 0.29) is 18.0 Å².